The van der Waals surface area contributed by atoms with Crippen LogP contribution in [0.5, 0.6) is 0 Å². The van der Waals surface area contributed by atoms with E-state index in [1.54, 1.807) is 12.2 Å². The van der Waals surface area contributed by atoms with Crippen molar-refractivity contribution in [2.45, 2.75) is 12.3 Å². The van der Waals surface area contributed by atoms with Crippen LogP contribution in [0.15, 0.2) is 55.6 Å². The molecule has 1 aliphatic rings. The Morgan fingerprint density at radius 3 is 2.39 bits per heavy atom. The van der Waals surface area contributed by atoms with Gasteiger partial charge in [0.2, 0.25) is 5.91 Å². The normalized spacial score (nSPS) is 21.1. The fraction of sp³-hybridized carbons (Fsp3) is 0.312. The molecule has 2 nitrogen and oxygen atoms in total. The summed E-state index contributed by atoms with van der Waals surface area (Å²) in [4.78, 5) is 14.1. The van der Waals surface area contributed by atoms with Crippen LogP contribution in [-0.2, 0) is 4.79 Å². The van der Waals surface area contributed by atoms with E-state index < -0.39 is 0 Å². The summed E-state index contributed by atoms with van der Waals surface area (Å²) >= 11 is 0. The van der Waals surface area contributed by atoms with E-state index in [1.165, 1.54) is 5.56 Å². The average molecular weight is 241 g/mol. The van der Waals surface area contributed by atoms with Crippen molar-refractivity contribution < 1.29 is 4.79 Å². The predicted octanol–water partition coefficient (Wildman–Crippen LogP) is 2.99. The number of amides is 1. The topological polar surface area (TPSA) is 20.3 Å². The summed E-state index contributed by atoms with van der Waals surface area (Å²) < 4.78 is 0. The number of hydrogen-bond acceptors (Lipinski definition) is 1. The van der Waals surface area contributed by atoms with Crippen LogP contribution >= 0.6 is 0 Å². The van der Waals surface area contributed by atoms with Gasteiger partial charge in [0.05, 0.1) is 0 Å². The highest BCUT2D eigenvalue weighted by molar-refractivity contribution is 5.83. The standard InChI is InChI=1S/C16H19NO/c1-3-10-17(11-4-2)16(18)15-12-14(15)13-8-6-5-7-9-13/h3-9,14-15H,1-2,10-12H2/t14-,15+/m0/s1. The van der Waals surface area contributed by atoms with Gasteiger partial charge in [0.1, 0.15) is 0 Å². The minimum absolute atomic E-state index is 0.146. The summed E-state index contributed by atoms with van der Waals surface area (Å²) in [5, 5.41) is 0. The van der Waals surface area contributed by atoms with E-state index in [-0.39, 0.29) is 11.8 Å². The molecule has 2 rings (SSSR count). The van der Waals surface area contributed by atoms with Crippen molar-refractivity contribution in [2.75, 3.05) is 13.1 Å². The van der Waals surface area contributed by atoms with Gasteiger partial charge in [0, 0.05) is 19.0 Å². The zero-order valence-electron chi connectivity index (χ0n) is 10.6. The third-order valence-corrected chi connectivity index (χ3v) is 3.35. The Morgan fingerprint density at radius 1 is 1.22 bits per heavy atom. The number of benzene rings is 1. The van der Waals surface area contributed by atoms with Crippen molar-refractivity contribution in [3.05, 3.63) is 61.2 Å². The van der Waals surface area contributed by atoms with Gasteiger partial charge in [-0.25, -0.2) is 0 Å². The van der Waals surface area contributed by atoms with Crippen molar-refractivity contribution in [1.82, 2.24) is 4.90 Å². The molecule has 0 saturated heterocycles. The summed E-state index contributed by atoms with van der Waals surface area (Å²) in [5.74, 6) is 0.770. The highest BCUT2D eigenvalue weighted by Crippen LogP contribution is 2.48. The quantitative estimate of drug-likeness (QED) is 0.701. The van der Waals surface area contributed by atoms with E-state index in [1.807, 2.05) is 23.1 Å². The minimum Gasteiger partial charge on any atom is -0.335 e. The number of hydrogen-bond donors (Lipinski definition) is 0. The summed E-state index contributed by atoms with van der Waals surface area (Å²) in [6.45, 7) is 8.59. The van der Waals surface area contributed by atoms with E-state index >= 15 is 0 Å². The molecular weight excluding hydrogens is 222 g/mol. The maximum Gasteiger partial charge on any atom is 0.226 e. The first kappa shape index (κ1) is 12.6. The van der Waals surface area contributed by atoms with E-state index in [2.05, 4.69) is 25.3 Å². The summed E-state index contributed by atoms with van der Waals surface area (Å²) in [7, 11) is 0. The van der Waals surface area contributed by atoms with Gasteiger partial charge in [-0.1, -0.05) is 42.5 Å². The van der Waals surface area contributed by atoms with Gasteiger partial charge in [-0.2, -0.15) is 0 Å². The molecule has 2 heteroatoms. The molecule has 0 unspecified atom stereocenters. The van der Waals surface area contributed by atoms with Crippen molar-refractivity contribution in [2.24, 2.45) is 5.92 Å². The van der Waals surface area contributed by atoms with Crippen LogP contribution in [0.3, 0.4) is 0 Å². The number of carbonyl (C=O) groups excluding carboxylic acids is 1. The monoisotopic (exact) mass is 241 g/mol. The summed E-state index contributed by atoms with van der Waals surface area (Å²) in [5.41, 5.74) is 1.27. The second kappa shape index (κ2) is 5.67. The van der Waals surface area contributed by atoms with Crippen molar-refractivity contribution in [3.8, 4) is 0 Å². The van der Waals surface area contributed by atoms with E-state index in [0.29, 0.717) is 19.0 Å². The van der Waals surface area contributed by atoms with Gasteiger partial charge in [0.15, 0.2) is 0 Å². The van der Waals surface area contributed by atoms with Gasteiger partial charge in [-0.3, -0.25) is 4.79 Å². The van der Waals surface area contributed by atoms with Gasteiger partial charge < -0.3 is 4.90 Å². The molecule has 0 radical (unpaired) electrons. The molecule has 18 heavy (non-hydrogen) atoms. The van der Waals surface area contributed by atoms with Crippen LogP contribution < -0.4 is 0 Å². The third kappa shape index (κ3) is 2.70. The molecule has 0 spiro atoms. The number of carbonyl (C=O) groups is 1. The molecule has 0 heterocycles. The lowest BCUT2D eigenvalue weighted by atomic mass is 10.1. The first-order valence-electron chi connectivity index (χ1n) is 6.33. The number of rotatable bonds is 6. The van der Waals surface area contributed by atoms with E-state index in [9.17, 15) is 4.79 Å². The first-order valence-corrected chi connectivity index (χ1v) is 6.33. The first-order chi connectivity index (χ1) is 8.77. The molecule has 0 aliphatic heterocycles. The highest BCUT2D eigenvalue weighted by Gasteiger charge is 2.45. The molecule has 0 bridgehead atoms. The smallest absolute Gasteiger partial charge is 0.226 e. The lowest BCUT2D eigenvalue weighted by molar-refractivity contribution is -0.131. The van der Waals surface area contributed by atoms with Crippen molar-refractivity contribution >= 4 is 5.91 Å². The van der Waals surface area contributed by atoms with Crippen LogP contribution in [0.2, 0.25) is 0 Å². The van der Waals surface area contributed by atoms with Gasteiger partial charge in [-0.15, -0.1) is 13.2 Å². The molecule has 0 aromatic heterocycles. The minimum atomic E-state index is 0.146. The molecule has 1 saturated carbocycles. The number of nitrogens with zero attached hydrogens (tertiary/aromatic N) is 1. The molecule has 94 valence electrons. The molecule has 1 aromatic carbocycles. The zero-order chi connectivity index (χ0) is 13.0. The Labute approximate surface area is 109 Å². The Kier molecular flexibility index (Phi) is 3.98. The molecule has 2 atom stereocenters. The predicted molar refractivity (Wildman–Crippen MR) is 74.3 cm³/mol. The molecule has 0 N–H and O–H groups in total. The highest BCUT2D eigenvalue weighted by atomic mass is 16.2. The Bertz CT molecular complexity index is 428. The molecular formula is C16H19NO. The second-order valence-electron chi connectivity index (χ2n) is 4.68. The Balaban J connectivity index is 1.99. The molecule has 1 amide bonds. The van der Waals surface area contributed by atoms with Crippen molar-refractivity contribution in [3.63, 3.8) is 0 Å². The zero-order valence-corrected chi connectivity index (χ0v) is 10.6. The summed E-state index contributed by atoms with van der Waals surface area (Å²) in [6.07, 6.45) is 4.50. The van der Waals surface area contributed by atoms with Gasteiger partial charge in [-0.05, 0) is 17.9 Å². The van der Waals surface area contributed by atoms with Crippen LogP contribution in [0.4, 0.5) is 0 Å². The largest absolute Gasteiger partial charge is 0.335 e. The fourth-order valence-corrected chi connectivity index (χ4v) is 2.34. The van der Waals surface area contributed by atoms with Crippen LogP contribution in [0.1, 0.15) is 17.9 Å². The average Bonchev–Trinajstić information content (AvgIpc) is 3.19. The second-order valence-corrected chi connectivity index (χ2v) is 4.68. The third-order valence-electron chi connectivity index (χ3n) is 3.35. The fourth-order valence-electron chi connectivity index (χ4n) is 2.34. The maximum absolute atomic E-state index is 12.3. The Morgan fingerprint density at radius 2 is 1.83 bits per heavy atom. The summed E-state index contributed by atoms with van der Waals surface area (Å²) in [6, 6.07) is 10.3. The van der Waals surface area contributed by atoms with E-state index in [0.717, 1.165) is 6.42 Å². The van der Waals surface area contributed by atoms with Crippen LogP contribution in [0, 0.1) is 5.92 Å². The van der Waals surface area contributed by atoms with Crippen molar-refractivity contribution in [1.29, 1.82) is 0 Å². The van der Waals surface area contributed by atoms with Crippen LogP contribution in [-0.4, -0.2) is 23.9 Å². The van der Waals surface area contributed by atoms with Crippen LogP contribution in [0.25, 0.3) is 0 Å². The molecule has 1 aliphatic carbocycles. The van der Waals surface area contributed by atoms with E-state index in [4.69, 9.17) is 0 Å². The molecule has 1 aromatic rings. The van der Waals surface area contributed by atoms with Gasteiger partial charge >= 0.3 is 0 Å². The SMILES string of the molecule is C=CCN(CC=C)C(=O)[C@@H]1C[C@H]1c1ccccc1. The Hall–Kier alpha value is -1.83. The molecule has 1 fully saturated rings. The van der Waals surface area contributed by atoms with Gasteiger partial charge in [0.25, 0.3) is 0 Å². The lowest BCUT2D eigenvalue weighted by Crippen LogP contribution is -2.32. The maximum atomic E-state index is 12.3. The lowest BCUT2D eigenvalue weighted by Gasteiger charge is -2.19.